The second kappa shape index (κ2) is 5.18. The zero-order valence-electron chi connectivity index (χ0n) is 7.19. The van der Waals surface area contributed by atoms with Crippen molar-refractivity contribution in [2.24, 2.45) is 5.92 Å². The molecule has 0 aromatic rings. The molecule has 0 N–H and O–H groups in total. The van der Waals surface area contributed by atoms with E-state index in [9.17, 15) is 0 Å². The van der Waals surface area contributed by atoms with Crippen LogP contribution in [0.4, 0.5) is 0 Å². The molecule has 0 saturated heterocycles. The molecule has 0 nitrogen and oxygen atoms in total. The highest BCUT2D eigenvalue weighted by Gasteiger charge is 2.21. The Labute approximate surface area is 78.9 Å². The molecular weight excluding hydrogens is 200 g/mol. The zero-order chi connectivity index (χ0) is 8.10. The van der Waals surface area contributed by atoms with Crippen LogP contribution in [0.15, 0.2) is 0 Å². The maximum Gasteiger partial charge on any atom is 0.0148 e. The van der Waals surface area contributed by atoms with Gasteiger partial charge in [0.2, 0.25) is 0 Å². The SMILES string of the molecule is [CH2]CCCCC1CCC(Br)C1. The van der Waals surface area contributed by atoms with Gasteiger partial charge in [0.25, 0.3) is 0 Å². The topological polar surface area (TPSA) is 0 Å². The highest BCUT2D eigenvalue weighted by Crippen LogP contribution is 2.33. The molecule has 2 unspecified atom stereocenters. The van der Waals surface area contributed by atoms with Gasteiger partial charge in [-0.25, -0.2) is 0 Å². The van der Waals surface area contributed by atoms with Crippen LogP contribution in [0.2, 0.25) is 0 Å². The molecule has 1 aliphatic carbocycles. The largest absolute Gasteiger partial charge is 0.0891 e. The van der Waals surface area contributed by atoms with Crippen molar-refractivity contribution in [3.8, 4) is 0 Å². The Morgan fingerprint density at radius 3 is 2.64 bits per heavy atom. The van der Waals surface area contributed by atoms with Crippen LogP contribution >= 0.6 is 15.9 Å². The monoisotopic (exact) mass is 217 g/mol. The van der Waals surface area contributed by atoms with Crippen molar-refractivity contribution in [3.63, 3.8) is 0 Å². The maximum absolute atomic E-state index is 3.86. The number of alkyl halides is 1. The molecule has 1 heteroatoms. The second-order valence-corrected chi connectivity index (χ2v) is 4.92. The Balaban J connectivity index is 1.99. The van der Waals surface area contributed by atoms with E-state index in [1.165, 1.54) is 38.5 Å². The summed E-state index contributed by atoms with van der Waals surface area (Å²) in [4.78, 5) is 0.826. The molecule has 1 radical (unpaired) electrons. The van der Waals surface area contributed by atoms with Crippen molar-refractivity contribution in [3.05, 3.63) is 6.92 Å². The summed E-state index contributed by atoms with van der Waals surface area (Å²) in [7, 11) is 0. The number of halogens is 1. The second-order valence-electron chi connectivity index (χ2n) is 3.63. The van der Waals surface area contributed by atoms with Crippen molar-refractivity contribution in [1.29, 1.82) is 0 Å². The third-order valence-electron chi connectivity index (χ3n) is 2.59. The first-order chi connectivity index (χ1) is 5.33. The van der Waals surface area contributed by atoms with Crippen LogP contribution in [0.3, 0.4) is 0 Å². The molecule has 0 aliphatic heterocycles. The molecule has 11 heavy (non-hydrogen) atoms. The van der Waals surface area contributed by atoms with Crippen LogP contribution in [-0.2, 0) is 0 Å². The molecule has 0 heterocycles. The van der Waals surface area contributed by atoms with Gasteiger partial charge in [0.1, 0.15) is 0 Å². The molecule has 1 rings (SSSR count). The summed E-state index contributed by atoms with van der Waals surface area (Å²) in [6, 6.07) is 0. The van der Waals surface area contributed by atoms with E-state index in [-0.39, 0.29) is 0 Å². The Bertz CT molecular complexity index is 101. The van der Waals surface area contributed by atoms with E-state index < -0.39 is 0 Å². The molecule has 65 valence electrons. The molecule has 2 atom stereocenters. The van der Waals surface area contributed by atoms with E-state index in [2.05, 4.69) is 22.9 Å². The third-order valence-corrected chi connectivity index (χ3v) is 3.42. The summed E-state index contributed by atoms with van der Waals surface area (Å²) in [5.41, 5.74) is 0. The predicted octanol–water partition coefficient (Wildman–Crippen LogP) is 3.94. The average Bonchev–Trinajstić information content (AvgIpc) is 2.37. The predicted molar refractivity (Wildman–Crippen MR) is 53.9 cm³/mol. The minimum Gasteiger partial charge on any atom is -0.0891 e. The van der Waals surface area contributed by atoms with Gasteiger partial charge in [-0.2, -0.15) is 0 Å². The molecule has 0 aromatic carbocycles. The van der Waals surface area contributed by atoms with Crippen molar-refractivity contribution in [2.75, 3.05) is 0 Å². The van der Waals surface area contributed by atoms with Crippen LogP contribution in [0.1, 0.15) is 44.9 Å². The summed E-state index contributed by atoms with van der Waals surface area (Å²) in [5, 5.41) is 0. The standard InChI is InChI=1S/C10H18Br/c1-2-3-4-5-9-6-7-10(11)8-9/h9-10H,1-8H2. The first kappa shape index (κ1) is 9.57. The van der Waals surface area contributed by atoms with Gasteiger partial charge in [-0.1, -0.05) is 48.5 Å². The molecule has 1 aliphatic rings. The van der Waals surface area contributed by atoms with Crippen molar-refractivity contribution >= 4 is 15.9 Å². The quantitative estimate of drug-likeness (QED) is 0.495. The molecule has 0 amide bonds. The molecule has 0 spiro atoms. The minimum absolute atomic E-state index is 0.826. The lowest BCUT2D eigenvalue weighted by Gasteiger charge is -2.07. The van der Waals surface area contributed by atoms with Gasteiger partial charge in [-0.3, -0.25) is 0 Å². The summed E-state index contributed by atoms with van der Waals surface area (Å²) < 4.78 is 0. The van der Waals surface area contributed by atoms with Gasteiger partial charge in [0.05, 0.1) is 0 Å². The first-order valence-corrected chi connectivity index (χ1v) is 5.68. The van der Waals surface area contributed by atoms with Crippen molar-refractivity contribution in [1.82, 2.24) is 0 Å². The fraction of sp³-hybridized carbons (Fsp3) is 0.900. The van der Waals surface area contributed by atoms with Crippen LogP contribution in [0.5, 0.6) is 0 Å². The Morgan fingerprint density at radius 1 is 1.27 bits per heavy atom. The van der Waals surface area contributed by atoms with E-state index in [0.717, 1.165) is 17.2 Å². The molecule has 0 aromatic heterocycles. The molecule has 0 bridgehead atoms. The van der Waals surface area contributed by atoms with Crippen LogP contribution < -0.4 is 0 Å². The van der Waals surface area contributed by atoms with Crippen molar-refractivity contribution in [2.45, 2.75) is 49.8 Å². The van der Waals surface area contributed by atoms with Gasteiger partial charge < -0.3 is 0 Å². The Morgan fingerprint density at radius 2 is 2.09 bits per heavy atom. The van der Waals surface area contributed by atoms with Gasteiger partial charge in [-0.05, 0) is 25.2 Å². The highest BCUT2D eigenvalue weighted by molar-refractivity contribution is 9.09. The number of rotatable bonds is 4. The smallest absolute Gasteiger partial charge is 0.0148 e. The molecule has 1 fully saturated rings. The normalized spacial score (nSPS) is 31.1. The molecule has 1 saturated carbocycles. The van der Waals surface area contributed by atoms with Crippen LogP contribution in [0.25, 0.3) is 0 Å². The lowest BCUT2D eigenvalue weighted by atomic mass is 10.0. The van der Waals surface area contributed by atoms with E-state index >= 15 is 0 Å². The Hall–Kier alpha value is 0.480. The van der Waals surface area contributed by atoms with Gasteiger partial charge in [0.15, 0.2) is 0 Å². The summed E-state index contributed by atoms with van der Waals surface area (Å²) in [6.07, 6.45) is 9.54. The van der Waals surface area contributed by atoms with E-state index in [1.807, 2.05) is 0 Å². The van der Waals surface area contributed by atoms with E-state index in [0.29, 0.717) is 0 Å². The van der Waals surface area contributed by atoms with E-state index in [1.54, 1.807) is 0 Å². The Kier molecular flexibility index (Phi) is 4.51. The maximum atomic E-state index is 3.86. The highest BCUT2D eigenvalue weighted by atomic mass is 79.9. The third kappa shape index (κ3) is 3.59. The fourth-order valence-electron chi connectivity index (χ4n) is 1.89. The fourth-order valence-corrected chi connectivity index (χ4v) is 2.68. The zero-order valence-corrected chi connectivity index (χ0v) is 8.78. The van der Waals surface area contributed by atoms with Gasteiger partial charge >= 0.3 is 0 Å². The lowest BCUT2D eigenvalue weighted by Crippen LogP contribution is -1.94. The summed E-state index contributed by atoms with van der Waals surface area (Å²) >= 11 is 3.68. The average molecular weight is 218 g/mol. The van der Waals surface area contributed by atoms with Gasteiger partial charge in [-0.15, -0.1) is 0 Å². The minimum atomic E-state index is 0.826. The van der Waals surface area contributed by atoms with E-state index in [4.69, 9.17) is 0 Å². The number of hydrogen-bond donors (Lipinski definition) is 0. The van der Waals surface area contributed by atoms with Crippen LogP contribution in [-0.4, -0.2) is 4.83 Å². The first-order valence-electron chi connectivity index (χ1n) is 4.76. The van der Waals surface area contributed by atoms with Gasteiger partial charge in [0, 0.05) is 4.83 Å². The number of unbranched alkanes of at least 4 members (excludes halogenated alkanes) is 2. The molecular formula is C10H18Br. The summed E-state index contributed by atoms with van der Waals surface area (Å²) in [6.45, 7) is 3.86. The lowest BCUT2D eigenvalue weighted by molar-refractivity contribution is 0.476. The van der Waals surface area contributed by atoms with Crippen LogP contribution in [0, 0.1) is 12.8 Å². The number of hydrogen-bond acceptors (Lipinski definition) is 0. The summed E-state index contributed by atoms with van der Waals surface area (Å²) in [5.74, 6) is 1.02. The van der Waals surface area contributed by atoms with Crippen molar-refractivity contribution < 1.29 is 0 Å².